The van der Waals surface area contributed by atoms with Crippen LogP contribution in [0, 0.1) is 5.82 Å². The number of halogens is 1. The van der Waals surface area contributed by atoms with Gasteiger partial charge in [0.1, 0.15) is 5.82 Å². The average molecular weight is 285 g/mol. The highest BCUT2D eigenvalue weighted by Crippen LogP contribution is 2.29. The quantitative estimate of drug-likeness (QED) is 0.830. The molecule has 1 aliphatic rings. The van der Waals surface area contributed by atoms with Crippen molar-refractivity contribution in [2.45, 2.75) is 13.0 Å². The summed E-state index contributed by atoms with van der Waals surface area (Å²) in [6.07, 6.45) is 0.817. The predicted octanol–water partition coefficient (Wildman–Crippen LogP) is 2.07. The van der Waals surface area contributed by atoms with Crippen LogP contribution in [0.4, 0.5) is 15.8 Å². The van der Waals surface area contributed by atoms with Crippen LogP contribution >= 0.6 is 0 Å². The van der Waals surface area contributed by atoms with E-state index < -0.39 is 11.7 Å². The second kappa shape index (κ2) is 5.09. The van der Waals surface area contributed by atoms with Crippen LogP contribution in [-0.4, -0.2) is 12.5 Å². The molecule has 2 aromatic rings. The van der Waals surface area contributed by atoms with E-state index in [1.165, 1.54) is 11.6 Å². The molecule has 3 rings (SSSR count). The van der Waals surface area contributed by atoms with Crippen LogP contribution in [0.2, 0.25) is 0 Å². The first-order valence-corrected chi connectivity index (χ1v) is 6.77. The van der Waals surface area contributed by atoms with E-state index in [4.69, 9.17) is 11.5 Å². The van der Waals surface area contributed by atoms with Gasteiger partial charge in [-0.25, -0.2) is 4.39 Å². The molecule has 5 heteroatoms. The second-order valence-corrected chi connectivity index (χ2v) is 5.19. The predicted molar refractivity (Wildman–Crippen MR) is 80.5 cm³/mol. The summed E-state index contributed by atoms with van der Waals surface area (Å²) < 4.78 is 14.2. The summed E-state index contributed by atoms with van der Waals surface area (Å²) in [5.41, 5.74) is 14.8. The molecule has 2 aromatic carbocycles. The minimum atomic E-state index is -0.631. The van der Waals surface area contributed by atoms with Gasteiger partial charge in [0.2, 0.25) is 5.91 Å². The minimum absolute atomic E-state index is 0.174. The van der Waals surface area contributed by atoms with Crippen molar-refractivity contribution in [2.24, 2.45) is 5.73 Å². The largest absolute Gasteiger partial charge is 0.398 e. The first-order valence-electron chi connectivity index (χ1n) is 6.77. The molecule has 4 nitrogen and oxygen atoms in total. The van der Waals surface area contributed by atoms with E-state index in [1.54, 1.807) is 12.1 Å². The fraction of sp³-hybridized carbons (Fsp3) is 0.188. The lowest BCUT2D eigenvalue weighted by molar-refractivity contribution is 0.1000. The summed E-state index contributed by atoms with van der Waals surface area (Å²) in [6.45, 7) is 1.28. The number of carbonyl (C=O) groups excluding carboxylic acids is 1. The number of benzene rings is 2. The number of anilines is 2. The Bertz CT molecular complexity index is 715. The molecule has 4 N–H and O–H groups in total. The molecule has 0 radical (unpaired) electrons. The molecule has 0 saturated carbocycles. The zero-order chi connectivity index (χ0) is 15.0. The molecule has 0 spiro atoms. The Balaban J connectivity index is 1.93. The number of rotatable bonds is 2. The lowest BCUT2D eigenvalue weighted by Gasteiger charge is -2.31. The van der Waals surface area contributed by atoms with E-state index in [0.29, 0.717) is 18.8 Å². The van der Waals surface area contributed by atoms with Crippen LogP contribution in [0.25, 0.3) is 0 Å². The number of carbonyl (C=O) groups is 1. The lowest BCUT2D eigenvalue weighted by Crippen LogP contribution is -2.31. The maximum absolute atomic E-state index is 14.2. The van der Waals surface area contributed by atoms with E-state index in [-0.39, 0.29) is 5.56 Å². The van der Waals surface area contributed by atoms with E-state index >= 15 is 0 Å². The van der Waals surface area contributed by atoms with Crippen LogP contribution < -0.4 is 16.4 Å². The Labute approximate surface area is 122 Å². The van der Waals surface area contributed by atoms with E-state index in [1.807, 2.05) is 17.0 Å². The third-order valence-electron chi connectivity index (χ3n) is 3.88. The number of amides is 1. The van der Waals surface area contributed by atoms with Gasteiger partial charge in [0.15, 0.2) is 0 Å². The Morgan fingerprint density at radius 3 is 2.76 bits per heavy atom. The Hall–Kier alpha value is -2.56. The van der Waals surface area contributed by atoms with Crippen molar-refractivity contribution in [3.8, 4) is 0 Å². The molecule has 0 fully saturated rings. The molecule has 0 aromatic heterocycles. The molecule has 0 unspecified atom stereocenters. The van der Waals surface area contributed by atoms with Crippen LogP contribution in [0.3, 0.4) is 0 Å². The standard InChI is InChI=1S/C16H16FN3O/c17-13-8-11(16(19)21)4-5-15(13)20-7-6-10-2-1-3-14(18)12(10)9-20/h1-5,8H,6-7,9,18H2,(H2,19,21). The van der Waals surface area contributed by atoms with Crippen LogP contribution in [0.15, 0.2) is 36.4 Å². The van der Waals surface area contributed by atoms with Gasteiger partial charge in [0, 0.05) is 24.3 Å². The molecule has 1 heterocycles. The normalized spacial score (nSPS) is 13.9. The Morgan fingerprint density at radius 1 is 1.24 bits per heavy atom. The van der Waals surface area contributed by atoms with Gasteiger partial charge in [-0.05, 0) is 41.8 Å². The molecule has 0 atom stereocenters. The highest BCUT2D eigenvalue weighted by molar-refractivity contribution is 5.93. The second-order valence-electron chi connectivity index (χ2n) is 5.19. The van der Waals surface area contributed by atoms with Gasteiger partial charge < -0.3 is 16.4 Å². The number of hydrogen-bond acceptors (Lipinski definition) is 3. The van der Waals surface area contributed by atoms with Crippen LogP contribution in [-0.2, 0) is 13.0 Å². The summed E-state index contributed by atoms with van der Waals surface area (Å²) in [7, 11) is 0. The summed E-state index contributed by atoms with van der Waals surface area (Å²) >= 11 is 0. The third kappa shape index (κ3) is 2.42. The Kier molecular flexibility index (Phi) is 3.25. The van der Waals surface area contributed by atoms with Gasteiger partial charge in [-0.3, -0.25) is 4.79 Å². The average Bonchev–Trinajstić information content (AvgIpc) is 2.47. The number of fused-ring (bicyclic) bond motifs is 1. The van der Waals surface area contributed by atoms with Crippen molar-refractivity contribution < 1.29 is 9.18 Å². The zero-order valence-corrected chi connectivity index (χ0v) is 11.5. The van der Waals surface area contributed by atoms with Crippen molar-refractivity contribution >= 4 is 17.3 Å². The lowest BCUT2D eigenvalue weighted by atomic mass is 9.97. The molecule has 0 saturated heterocycles. The number of nitrogens with zero attached hydrogens (tertiary/aromatic N) is 1. The van der Waals surface area contributed by atoms with Gasteiger partial charge >= 0.3 is 0 Å². The number of nitrogens with two attached hydrogens (primary N) is 2. The van der Waals surface area contributed by atoms with Crippen molar-refractivity contribution in [3.05, 3.63) is 58.9 Å². The fourth-order valence-electron chi connectivity index (χ4n) is 2.73. The molecular weight excluding hydrogens is 269 g/mol. The highest BCUT2D eigenvalue weighted by Gasteiger charge is 2.21. The molecule has 1 aliphatic heterocycles. The molecule has 21 heavy (non-hydrogen) atoms. The summed E-state index contributed by atoms with van der Waals surface area (Å²) in [6, 6.07) is 10.2. The SMILES string of the molecule is NC(=O)c1ccc(N2CCc3cccc(N)c3C2)c(F)c1. The summed E-state index contributed by atoms with van der Waals surface area (Å²) in [4.78, 5) is 13.0. The molecular formula is C16H16FN3O. The minimum Gasteiger partial charge on any atom is -0.398 e. The van der Waals surface area contributed by atoms with Crippen molar-refractivity contribution in [1.29, 1.82) is 0 Å². The first-order chi connectivity index (χ1) is 10.1. The highest BCUT2D eigenvalue weighted by atomic mass is 19.1. The maximum Gasteiger partial charge on any atom is 0.248 e. The Morgan fingerprint density at radius 2 is 2.05 bits per heavy atom. The van der Waals surface area contributed by atoms with Gasteiger partial charge in [-0.15, -0.1) is 0 Å². The van der Waals surface area contributed by atoms with Crippen molar-refractivity contribution in [3.63, 3.8) is 0 Å². The van der Waals surface area contributed by atoms with E-state index in [0.717, 1.165) is 17.7 Å². The zero-order valence-electron chi connectivity index (χ0n) is 11.5. The monoisotopic (exact) mass is 285 g/mol. The van der Waals surface area contributed by atoms with E-state index in [9.17, 15) is 9.18 Å². The number of primary amides is 1. The number of nitrogen functional groups attached to an aromatic ring is 1. The maximum atomic E-state index is 14.2. The van der Waals surface area contributed by atoms with Gasteiger partial charge in [-0.2, -0.15) is 0 Å². The molecule has 0 bridgehead atoms. The van der Waals surface area contributed by atoms with Crippen LogP contribution in [0.1, 0.15) is 21.5 Å². The topological polar surface area (TPSA) is 72.4 Å². The molecule has 108 valence electrons. The third-order valence-corrected chi connectivity index (χ3v) is 3.88. The van der Waals surface area contributed by atoms with Crippen molar-refractivity contribution in [1.82, 2.24) is 0 Å². The summed E-state index contributed by atoms with van der Waals surface area (Å²) in [5, 5.41) is 0. The molecule has 0 aliphatic carbocycles. The number of hydrogen-bond donors (Lipinski definition) is 2. The fourth-order valence-corrected chi connectivity index (χ4v) is 2.73. The van der Waals surface area contributed by atoms with Gasteiger partial charge in [-0.1, -0.05) is 12.1 Å². The smallest absolute Gasteiger partial charge is 0.248 e. The summed E-state index contributed by atoms with van der Waals surface area (Å²) in [5.74, 6) is -1.07. The van der Waals surface area contributed by atoms with Gasteiger partial charge in [0.05, 0.1) is 5.69 Å². The van der Waals surface area contributed by atoms with Crippen molar-refractivity contribution in [2.75, 3.05) is 17.2 Å². The first kappa shape index (κ1) is 13.4. The molecule has 1 amide bonds. The van der Waals surface area contributed by atoms with Crippen LogP contribution in [0.5, 0.6) is 0 Å². The van der Waals surface area contributed by atoms with Gasteiger partial charge in [0.25, 0.3) is 0 Å². The van der Waals surface area contributed by atoms with E-state index in [2.05, 4.69) is 6.07 Å².